The maximum Gasteiger partial charge on any atom is 0.231 e. The number of nitrogens with one attached hydrogen (secondary N) is 1. The third-order valence-corrected chi connectivity index (χ3v) is 1.76. The van der Waals surface area contributed by atoms with Gasteiger partial charge in [0.1, 0.15) is 0 Å². The van der Waals surface area contributed by atoms with E-state index in [1.807, 2.05) is 18.2 Å². The standard InChI is InChI=1S/C9H11NO2/c1-2-10-7-4-3-5-8-9(7)12-6-11-8/h3-5,10H,2,6H2,1H3. The summed E-state index contributed by atoms with van der Waals surface area (Å²) in [6, 6.07) is 5.84. The Morgan fingerprint density at radius 1 is 1.42 bits per heavy atom. The average molecular weight is 165 g/mol. The molecule has 3 nitrogen and oxygen atoms in total. The molecule has 1 aromatic rings. The van der Waals surface area contributed by atoms with Crippen molar-refractivity contribution in [3.8, 4) is 11.5 Å². The van der Waals surface area contributed by atoms with Crippen molar-refractivity contribution in [3.63, 3.8) is 0 Å². The van der Waals surface area contributed by atoms with E-state index in [0.717, 1.165) is 23.7 Å². The van der Waals surface area contributed by atoms with E-state index in [2.05, 4.69) is 12.2 Å². The minimum absolute atomic E-state index is 0.331. The van der Waals surface area contributed by atoms with Crippen LogP contribution in [0, 0.1) is 0 Å². The van der Waals surface area contributed by atoms with Crippen LogP contribution in [0.15, 0.2) is 18.2 Å². The highest BCUT2D eigenvalue weighted by atomic mass is 16.7. The molecule has 0 amide bonds. The van der Waals surface area contributed by atoms with E-state index in [1.54, 1.807) is 0 Å². The van der Waals surface area contributed by atoms with E-state index < -0.39 is 0 Å². The molecule has 1 aliphatic rings. The molecular formula is C9H11NO2. The molecule has 1 aromatic carbocycles. The highest BCUT2D eigenvalue weighted by Gasteiger charge is 2.15. The fraction of sp³-hybridized carbons (Fsp3) is 0.333. The molecule has 0 radical (unpaired) electrons. The highest BCUT2D eigenvalue weighted by Crippen LogP contribution is 2.38. The normalized spacial score (nSPS) is 13.1. The largest absolute Gasteiger partial charge is 0.454 e. The van der Waals surface area contributed by atoms with Gasteiger partial charge in [-0.15, -0.1) is 0 Å². The first-order valence-electron chi connectivity index (χ1n) is 4.04. The van der Waals surface area contributed by atoms with E-state index in [1.165, 1.54) is 0 Å². The van der Waals surface area contributed by atoms with Crippen molar-refractivity contribution < 1.29 is 9.47 Å². The molecule has 0 saturated carbocycles. The fourth-order valence-corrected chi connectivity index (χ4v) is 1.26. The number of benzene rings is 1. The van der Waals surface area contributed by atoms with Gasteiger partial charge in [-0.25, -0.2) is 0 Å². The Labute approximate surface area is 71.3 Å². The molecule has 0 unspecified atom stereocenters. The zero-order chi connectivity index (χ0) is 8.39. The van der Waals surface area contributed by atoms with Crippen LogP contribution < -0.4 is 14.8 Å². The molecule has 1 aliphatic heterocycles. The number of hydrogen-bond donors (Lipinski definition) is 1. The van der Waals surface area contributed by atoms with Gasteiger partial charge < -0.3 is 14.8 Å². The van der Waals surface area contributed by atoms with Gasteiger partial charge >= 0.3 is 0 Å². The zero-order valence-corrected chi connectivity index (χ0v) is 6.96. The summed E-state index contributed by atoms with van der Waals surface area (Å²) in [6.07, 6.45) is 0. The summed E-state index contributed by atoms with van der Waals surface area (Å²) in [5, 5.41) is 3.20. The Morgan fingerprint density at radius 3 is 3.17 bits per heavy atom. The van der Waals surface area contributed by atoms with Crippen molar-refractivity contribution >= 4 is 5.69 Å². The maximum absolute atomic E-state index is 5.30. The van der Waals surface area contributed by atoms with Crippen LogP contribution >= 0.6 is 0 Å². The van der Waals surface area contributed by atoms with E-state index in [9.17, 15) is 0 Å². The van der Waals surface area contributed by atoms with Crippen LogP contribution in [0.2, 0.25) is 0 Å². The van der Waals surface area contributed by atoms with Crippen LogP contribution in [0.1, 0.15) is 6.92 Å². The predicted molar refractivity (Wildman–Crippen MR) is 46.7 cm³/mol. The summed E-state index contributed by atoms with van der Waals surface area (Å²) >= 11 is 0. The van der Waals surface area contributed by atoms with Crippen molar-refractivity contribution in [2.45, 2.75) is 6.92 Å². The first-order valence-corrected chi connectivity index (χ1v) is 4.04. The van der Waals surface area contributed by atoms with E-state index in [4.69, 9.17) is 9.47 Å². The van der Waals surface area contributed by atoms with Crippen LogP contribution in [0.5, 0.6) is 11.5 Å². The lowest BCUT2D eigenvalue weighted by Gasteiger charge is -2.05. The highest BCUT2D eigenvalue weighted by molar-refractivity contribution is 5.63. The molecule has 12 heavy (non-hydrogen) atoms. The monoisotopic (exact) mass is 165 g/mol. The van der Waals surface area contributed by atoms with Crippen molar-refractivity contribution in [3.05, 3.63) is 18.2 Å². The molecule has 0 saturated heterocycles. The SMILES string of the molecule is CCNc1cccc2c1OCO2. The second-order valence-corrected chi connectivity index (χ2v) is 2.57. The van der Waals surface area contributed by atoms with Gasteiger partial charge in [0, 0.05) is 6.54 Å². The Kier molecular flexibility index (Phi) is 1.78. The molecule has 0 spiro atoms. The van der Waals surface area contributed by atoms with Gasteiger partial charge in [-0.1, -0.05) is 6.07 Å². The van der Waals surface area contributed by atoms with Gasteiger partial charge in [-0.3, -0.25) is 0 Å². The molecular weight excluding hydrogens is 154 g/mol. The summed E-state index contributed by atoms with van der Waals surface area (Å²) < 4.78 is 10.5. The van der Waals surface area contributed by atoms with Gasteiger partial charge in [-0.05, 0) is 19.1 Å². The zero-order valence-electron chi connectivity index (χ0n) is 6.96. The van der Waals surface area contributed by atoms with Crippen LogP contribution in [0.4, 0.5) is 5.69 Å². The molecule has 1 heterocycles. The Balaban J connectivity index is 2.36. The van der Waals surface area contributed by atoms with Gasteiger partial charge in [0.15, 0.2) is 11.5 Å². The lowest BCUT2D eigenvalue weighted by molar-refractivity contribution is 0.174. The maximum atomic E-state index is 5.30. The molecule has 64 valence electrons. The lowest BCUT2D eigenvalue weighted by Crippen LogP contribution is -1.98. The fourth-order valence-electron chi connectivity index (χ4n) is 1.26. The minimum atomic E-state index is 0.331. The second kappa shape index (κ2) is 2.93. The second-order valence-electron chi connectivity index (χ2n) is 2.57. The molecule has 0 aliphatic carbocycles. The third-order valence-electron chi connectivity index (χ3n) is 1.76. The number of hydrogen-bond acceptors (Lipinski definition) is 3. The van der Waals surface area contributed by atoms with E-state index in [-0.39, 0.29) is 0 Å². The molecule has 0 bridgehead atoms. The van der Waals surface area contributed by atoms with Gasteiger partial charge in [0.25, 0.3) is 0 Å². The average Bonchev–Trinajstić information content (AvgIpc) is 2.53. The Hall–Kier alpha value is -1.38. The quantitative estimate of drug-likeness (QED) is 0.725. The van der Waals surface area contributed by atoms with Crippen molar-refractivity contribution in [2.24, 2.45) is 0 Å². The number of fused-ring (bicyclic) bond motifs is 1. The Morgan fingerprint density at radius 2 is 2.33 bits per heavy atom. The minimum Gasteiger partial charge on any atom is -0.454 e. The lowest BCUT2D eigenvalue weighted by atomic mass is 10.2. The summed E-state index contributed by atoms with van der Waals surface area (Å²) in [6.45, 7) is 3.27. The van der Waals surface area contributed by atoms with Crippen molar-refractivity contribution in [1.82, 2.24) is 0 Å². The van der Waals surface area contributed by atoms with Gasteiger partial charge in [0.2, 0.25) is 6.79 Å². The number of rotatable bonds is 2. The van der Waals surface area contributed by atoms with Gasteiger partial charge in [-0.2, -0.15) is 0 Å². The molecule has 0 aromatic heterocycles. The van der Waals surface area contributed by atoms with E-state index in [0.29, 0.717) is 6.79 Å². The van der Waals surface area contributed by atoms with Crippen LogP contribution in [-0.4, -0.2) is 13.3 Å². The van der Waals surface area contributed by atoms with Crippen molar-refractivity contribution in [1.29, 1.82) is 0 Å². The van der Waals surface area contributed by atoms with Crippen LogP contribution in [0.25, 0.3) is 0 Å². The van der Waals surface area contributed by atoms with E-state index >= 15 is 0 Å². The van der Waals surface area contributed by atoms with Crippen LogP contribution in [0.3, 0.4) is 0 Å². The number of anilines is 1. The number of ether oxygens (including phenoxy) is 2. The Bertz CT molecular complexity index is 286. The first kappa shape index (κ1) is 7.28. The smallest absolute Gasteiger partial charge is 0.231 e. The van der Waals surface area contributed by atoms with Crippen LogP contribution in [-0.2, 0) is 0 Å². The third kappa shape index (κ3) is 1.07. The van der Waals surface area contributed by atoms with Crippen molar-refractivity contribution in [2.75, 3.05) is 18.7 Å². The topological polar surface area (TPSA) is 30.5 Å². The molecule has 0 fully saturated rings. The first-order chi connectivity index (χ1) is 5.92. The summed E-state index contributed by atoms with van der Waals surface area (Å²) in [5.74, 6) is 1.66. The number of para-hydroxylation sites is 1. The summed E-state index contributed by atoms with van der Waals surface area (Å²) in [4.78, 5) is 0. The molecule has 0 atom stereocenters. The molecule has 3 heteroatoms. The summed E-state index contributed by atoms with van der Waals surface area (Å²) in [7, 11) is 0. The molecule has 2 rings (SSSR count). The van der Waals surface area contributed by atoms with Gasteiger partial charge in [0.05, 0.1) is 5.69 Å². The molecule has 1 N–H and O–H groups in total. The predicted octanol–water partition coefficient (Wildman–Crippen LogP) is 1.85. The summed E-state index contributed by atoms with van der Waals surface area (Å²) in [5.41, 5.74) is 1.01.